The average molecular weight is 217 g/mol. The van der Waals surface area contributed by atoms with E-state index in [0.29, 0.717) is 5.56 Å². The van der Waals surface area contributed by atoms with Crippen LogP contribution in [-0.2, 0) is 9.84 Å². The Bertz CT molecular complexity index is 392. The third kappa shape index (κ3) is 1.83. The normalized spacial score (nSPS) is 15.4. The Labute approximate surface area is 84.0 Å². The van der Waals surface area contributed by atoms with E-state index in [0.717, 1.165) is 0 Å². The second-order valence-electron chi connectivity index (χ2n) is 3.91. The molecule has 1 unspecified atom stereocenters. The molecule has 1 aromatic heterocycles. The monoisotopic (exact) mass is 217 g/mol. The summed E-state index contributed by atoms with van der Waals surface area (Å²) in [5, 5.41) is 0. The molecule has 4 nitrogen and oxygen atoms in total. The quantitative estimate of drug-likeness (QED) is 0.822. The minimum absolute atomic E-state index is 0.573. The molecule has 5 heteroatoms. The molecule has 80 valence electrons. The molecule has 0 aliphatic carbocycles. The first-order valence-corrected chi connectivity index (χ1v) is 6.13. The van der Waals surface area contributed by atoms with Crippen molar-refractivity contribution in [2.24, 2.45) is 5.73 Å². The van der Waals surface area contributed by atoms with E-state index >= 15 is 0 Å². The fourth-order valence-electron chi connectivity index (χ4n) is 1.08. The van der Waals surface area contributed by atoms with Crippen LogP contribution < -0.4 is 5.73 Å². The average Bonchev–Trinajstić information content (AvgIpc) is 2.52. The fourth-order valence-corrected chi connectivity index (χ4v) is 1.68. The lowest BCUT2D eigenvalue weighted by Gasteiger charge is -2.28. The predicted molar refractivity (Wildman–Crippen MR) is 54.6 cm³/mol. The van der Waals surface area contributed by atoms with Crippen LogP contribution in [0.15, 0.2) is 23.0 Å². The molecule has 0 saturated carbocycles. The summed E-state index contributed by atoms with van der Waals surface area (Å²) in [5.41, 5.74) is 6.56. The highest BCUT2D eigenvalue weighted by Gasteiger charge is 2.38. The van der Waals surface area contributed by atoms with E-state index in [-0.39, 0.29) is 0 Å². The smallest absolute Gasteiger partial charge is 0.154 e. The van der Waals surface area contributed by atoms with E-state index in [1.165, 1.54) is 18.8 Å². The molecule has 0 radical (unpaired) electrons. The van der Waals surface area contributed by atoms with Gasteiger partial charge in [-0.15, -0.1) is 0 Å². The maximum atomic E-state index is 11.5. The number of rotatable bonds is 3. The van der Waals surface area contributed by atoms with Crippen LogP contribution in [-0.4, -0.2) is 19.4 Å². The van der Waals surface area contributed by atoms with Gasteiger partial charge >= 0.3 is 0 Å². The number of sulfone groups is 1. The van der Waals surface area contributed by atoms with Crippen molar-refractivity contribution >= 4 is 9.84 Å². The highest BCUT2D eigenvalue weighted by atomic mass is 32.2. The van der Waals surface area contributed by atoms with Gasteiger partial charge in [-0.1, -0.05) is 0 Å². The van der Waals surface area contributed by atoms with Crippen LogP contribution in [0, 0.1) is 0 Å². The highest BCUT2D eigenvalue weighted by molar-refractivity contribution is 7.92. The van der Waals surface area contributed by atoms with Crippen molar-refractivity contribution in [3.05, 3.63) is 24.2 Å². The molecule has 0 aromatic carbocycles. The topological polar surface area (TPSA) is 73.3 Å². The lowest BCUT2D eigenvalue weighted by atomic mass is 9.99. The summed E-state index contributed by atoms with van der Waals surface area (Å²) < 4.78 is 26.8. The molecule has 1 atom stereocenters. The second kappa shape index (κ2) is 3.40. The zero-order valence-corrected chi connectivity index (χ0v) is 9.34. The lowest BCUT2D eigenvalue weighted by Crippen LogP contribution is -2.42. The first-order valence-electron chi connectivity index (χ1n) is 4.24. The fraction of sp³-hybridized carbons (Fsp3) is 0.556. The largest absolute Gasteiger partial charge is 0.472 e. The van der Waals surface area contributed by atoms with Gasteiger partial charge in [0.15, 0.2) is 9.84 Å². The van der Waals surface area contributed by atoms with E-state index in [9.17, 15) is 8.42 Å². The Kier molecular flexibility index (Phi) is 2.74. The molecule has 0 amide bonds. The van der Waals surface area contributed by atoms with Gasteiger partial charge in [-0.2, -0.15) is 0 Å². The van der Waals surface area contributed by atoms with Crippen molar-refractivity contribution in [3.8, 4) is 0 Å². The van der Waals surface area contributed by atoms with Gasteiger partial charge in [0.25, 0.3) is 0 Å². The molecule has 2 N–H and O–H groups in total. The predicted octanol–water partition coefficient (Wildman–Crippen LogP) is 1.10. The van der Waals surface area contributed by atoms with Gasteiger partial charge < -0.3 is 10.2 Å². The Hall–Kier alpha value is -0.810. The molecule has 0 fully saturated rings. The summed E-state index contributed by atoms with van der Waals surface area (Å²) in [4.78, 5) is 0. The maximum absolute atomic E-state index is 11.5. The summed E-state index contributed by atoms with van der Waals surface area (Å²) in [6.07, 6.45) is 4.14. The Morgan fingerprint density at radius 3 is 2.43 bits per heavy atom. The van der Waals surface area contributed by atoms with Gasteiger partial charge in [0.1, 0.15) is 0 Å². The van der Waals surface area contributed by atoms with Crippen LogP contribution in [0.2, 0.25) is 0 Å². The van der Waals surface area contributed by atoms with Crippen molar-refractivity contribution in [1.82, 2.24) is 0 Å². The number of nitrogens with two attached hydrogens (primary N) is 1. The summed E-state index contributed by atoms with van der Waals surface area (Å²) >= 11 is 0. The number of hydrogen-bond acceptors (Lipinski definition) is 4. The first kappa shape index (κ1) is 11.3. The minimum Gasteiger partial charge on any atom is -0.472 e. The van der Waals surface area contributed by atoms with E-state index < -0.39 is 20.6 Å². The van der Waals surface area contributed by atoms with Gasteiger partial charge in [0.2, 0.25) is 0 Å². The molecule has 0 aliphatic heterocycles. The van der Waals surface area contributed by atoms with E-state index in [1.54, 1.807) is 19.9 Å². The summed E-state index contributed by atoms with van der Waals surface area (Å²) in [5.74, 6) is 0. The van der Waals surface area contributed by atoms with Gasteiger partial charge in [-0.05, 0) is 19.9 Å². The molecular weight excluding hydrogens is 202 g/mol. The molecule has 0 spiro atoms. The molecule has 14 heavy (non-hydrogen) atoms. The maximum Gasteiger partial charge on any atom is 0.154 e. The first-order chi connectivity index (χ1) is 6.27. The van der Waals surface area contributed by atoms with Gasteiger partial charge in [-0.3, -0.25) is 0 Å². The SMILES string of the molecule is CC(C)(C(N)c1ccoc1)S(C)(=O)=O. The summed E-state index contributed by atoms with van der Waals surface area (Å²) in [7, 11) is -3.19. The van der Waals surface area contributed by atoms with E-state index in [4.69, 9.17) is 10.2 Å². The molecule has 1 rings (SSSR count). The molecule has 1 heterocycles. The zero-order valence-electron chi connectivity index (χ0n) is 8.52. The molecule has 1 aromatic rings. The molecule has 0 aliphatic rings. The van der Waals surface area contributed by atoms with Crippen LogP contribution in [0.5, 0.6) is 0 Å². The van der Waals surface area contributed by atoms with Gasteiger partial charge in [0.05, 0.1) is 23.3 Å². The third-order valence-electron chi connectivity index (χ3n) is 2.61. The van der Waals surface area contributed by atoms with Crippen LogP contribution in [0.1, 0.15) is 25.5 Å². The lowest BCUT2D eigenvalue weighted by molar-refractivity contribution is 0.489. The third-order valence-corrected chi connectivity index (χ3v) is 4.77. The molecule has 0 bridgehead atoms. The molecular formula is C9H15NO3S. The molecule has 0 saturated heterocycles. The zero-order chi connectivity index (χ0) is 11.0. The summed E-state index contributed by atoms with van der Waals surface area (Å²) in [6.45, 7) is 3.22. The van der Waals surface area contributed by atoms with Crippen LogP contribution in [0.4, 0.5) is 0 Å². The van der Waals surface area contributed by atoms with Crippen molar-refractivity contribution in [3.63, 3.8) is 0 Å². The van der Waals surface area contributed by atoms with Crippen LogP contribution >= 0.6 is 0 Å². The Morgan fingerprint density at radius 1 is 1.50 bits per heavy atom. The Balaban J connectivity index is 3.07. The highest BCUT2D eigenvalue weighted by Crippen LogP contribution is 2.30. The van der Waals surface area contributed by atoms with E-state index in [1.807, 2.05) is 0 Å². The van der Waals surface area contributed by atoms with Crippen molar-refractivity contribution in [2.75, 3.05) is 6.26 Å². The number of hydrogen-bond donors (Lipinski definition) is 1. The minimum atomic E-state index is -3.19. The van der Waals surface area contributed by atoms with Crippen LogP contribution in [0.25, 0.3) is 0 Å². The number of furan rings is 1. The van der Waals surface area contributed by atoms with Crippen LogP contribution in [0.3, 0.4) is 0 Å². The van der Waals surface area contributed by atoms with Crippen molar-refractivity contribution in [2.45, 2.75) is 24.6 Å². The van der Waals surface area contributed by atoms with Crippen molar-refractivity contribution in [1.29, 1.82) is 0 Å². The van der Waals surface area contributed by atoms with Crippen molar-refractivity contribution < 1.29 is 12.8 Å². The van der Waals surface area contributed by atoms with Gasteiger partial charge in [-0.25, -0.2) is 8.42 Å². The van der Waals surface area contributed by atoms with Gasteiger partial charge in [0, 0.05) is 11.8 Å². The second-order valence-corrected chi connectivity index (χ2v) is 6.51. The summed E-state index contributed by atoms with van der Waals surface area (Å²) in [6, 6.07) is 1.11. The Morgan fingerprint density at radius 2 is 2.07 bits per heavy atom. The van der Waals surface area contributed by atoms with E-state index in [2.05, 4.69) is 0 Å². The standard InChI is InChI=1S/C9H15NO3S/c1-9(2,14(3,11)12)8(10)7-4-5-13-6-7/h4-6,8H,10H2,1-3H3.